The largest absolute Gasteiger partial charge is 0.383 e. The zero-order valence-electron chi connectivity index (χ0n) is 17.5. The topological polar surface area (TPSA) is 94.1 Å². The normalized spacial score (nSPS) is 18.5. The van der Waals surface area contributed by atoms with Crippen LogP contribution in [0.5, 0.6) is 0 Å². The molecule has 2 aliphatic rings. The minimum atomic E-state index is -0.0509. The number of amides is 1. The Morgan fingerprint density at radius 2 is 1.90 bits per heavy atom. The molecule has 1 aliphatic carbocycles. The Hall–Kier alpha value is -3.48. The summed E-state index contributed by atoms with van der Waals surface area (Å²) in [7, 11) is 1.98. The molecule has 1 aliphatic heterocycles. The van der Waals surface area contributed by atoms with Gasteiger partial charge in [0.1, 0.15) is 17.8 Å². The van der Waals surface area contributed by atoms with Crippen LogP contribution in [-0.2, 0) is 11.8 Å². The second kappa shape index (κ2) is 7.34. The van der Waals surface area contributed by atoms with Gasteiger partial charge < -0.3 is 15.2 Å². The van der Waals surface area contributed by atoms with Crippen LogP contribution in [0.1, 0.15) is 41.2 Å². The van der Waals surface area contributed by atoms with Crippen LogP contribution in [0.3, 0.4) is 0 Å². The average molecular weight is 415 g/mol. The molecule has 3 aromatic rings. The van der Waals surface area contributed by atoms with Gasteiger partial charge in [0.2, 0.25) is 5.91 Å². The van der Waals surface area contributed by atoms with E-state index in [-0.39, 0.29) is 23.5 Å². The number of anilines is 1. The molecule has 1 unspecified atom stereocenters. The smallest absolute Gasteiger partial charge is 0.245 e. The predicted octanol–water partition coefficient (Wildman–Crippen LogP) is 3.31. The molecule has 158 valence electrons. The van der Waals surface area contributed by atoms with E-state index in [0.29, 0.717) is 18.9 Å². The van der Waals surface area contributed by atoms with Gasteiger partial charge in [-0.05, 0) is 30.9 Å². The lowest BCUT2D eigenvalue weighted by molar-refractivity contribution is -0.125. The van der Waals surface area contributed by atoms with Crippen molar-refractivity contribution >= 4 is 28.5 Å². The van der Waals surface area contributed by atoms with Gasteiger partial charge in [0.25, 0.3) is 0 Å². The van der Waals surface area contributed by atoms with E-state index in [1.54, 1.807) is 0 Å². The molecule has 1 amide bonds. The number of hydrogen-bond acceptors (Lipinski definition) is 5. The fourth-order valence-corrected chi connectivity index (χ4v) is 4.76. The Morgan fingerprint density at radius 3 is 2.58 bits per heavy atom. The van der Waals surface area contributed by atoms with E-state index in [1.807, 2.05) is 36.2 Å². The number of aromatic nitrogens is 3. The molecular weight excluding hydrogens is 390 g/mol. The highest BCUT2D eigenvalue weighted by Gasteiger charge is 2.33. The second-order valence-electron chi connectivity index (χ2n) is 8.47. The number of rotatable bonds is 5. The first-order chi connectivity index (χ1) is 15.0. The quantitative estimate of drug-likeness (QED) is 0.510. The standard InChI is InChI=1S/C24H25N5O2/c1-3-18(30)29-11-10-17(12-29)21-19(20-23(25)26-13-27-24(20)28(21)2)14-4-6-15(7-5-14)22(31)16-8-9-16/h3-7,13,16-17H,1,8-12H2,2H3,(H2,25,26,27). The van der Waals surface area contributed by atoms with E-state index >= 15 is 0 Å². The van der Waals surface area contributed by atoms with E-state index in [1.165, 1.54) is 12.4 Å². The summed E-state index contributed by atoms with van der Waals surface area (Å²) in [6.45, 7) is 4.92. The Kier molecular flexibility index (Phi) is 4.61. The van der Waals surface area contributed by atoms with Crippen LogP contribution in [0.25, 0.3) is 22.2 Å². The van der Waals surface area contributed by atoms with Gasteiger partial charge in [0.15, 0.2) is 5.78 Å². The molecule has 2 fully saturated rings. The number of benzene rings is 1. The number of carbonyl (C=O) groups is 2. The third kappa shape index (κ3) is 3.21. The van der Waals surface area contributed by atoms with Crippen molar-refractivity contribution in [3.63, 3.8) is 0 Å². The van der Waals surface area contributed by atoms with Crippen molar-refractivity contribution in [1.29, 1.82) is 0 Å². The molecule has 0 spiro atoms. The van der Waals surface area contributed by atoms with Crippen molar-refractivity contribution in [3.8, 4) is 11.1 Å². The van der Waals surface area contributed by atoms with Crippen LogP contribution in [0.2, 0.25) is 0 Å². The average Bonchev–Trinajstić information content (AvgIpc) is 3.45. The summed E-state index contributed by atoms with van der Waals surface area (Å²) in [4.78, 5) is 35.1. The Bertz CT molecular complexity index is 1210. The summed E-state index contributed by atoms with van der Waals surface area (Å²) in [6, 6.07) is 7.78. The number of nitrogens with zero attached hydrogens (tertiary/aromatic N) is 4. The Labute approximate surface area is 180 Å². The lowest BCUT2D eigenvalue weighted by atomic mass is 9.93. The summed E-state index contributed by atoms with van der Waals surface area (Å²) in [5, 5.41) is 0.815. The van der Waals surface area contributed by atoms with Gasteiger partial charge in [-0.15, -0.1) is 0 Å². The maximum atomic E-state index is 12.4. The number of carbonyl (C=O) groups excluding carboxylic acids is 2. The molecule has 31 heavy (non-hydrogen) atoms. The summed E-state index contributed by atoms with van der Waals surface area (Å²) >= 11 is 0. The number of ketones is 1. The Morgan fingerprint density at radius 1 is 1.16 bits per heavy atom. The van der Waals surface area contributed by atoms with Gasteiger partial charge in [-0.2, -0.15) is 0 Å². The number of Topliss-reactive ketones (excluding diaryl/α,β-unsaturated/α-hetero) is 1. The summed E-state index contributed by atoms with van der Waals surface area (Å²) in [5.74, 6) is 0.934. The van der Waals surface area contributed by atoms with E-state index in [4.69, 9.17) is 5.73 Å². The van der Waals surface area contributed by atoms with Crippen molar-refractivity contribution in [2.45, 2.75) is 25.2 Å². The van der Waals surface area contributed by atoms with Crippen LogP contribution in [-0.4, -0.2) is 44.2 Å². The number of nitrogen functional groups attached to an aromatic ring is 1. The van der Waals surface area contributed by atoms with Crippen LogP contribution in [0.15, 0.2) is 43.2 Å². The maximum absolute atomic E-state index is 12.4. The third-order valence-electron chi connectivity index (χ3n) is 6.51. The molecule has 7 nitrogen and oxygen atoms in total. The fraction of sp³-hybridized carbons (Fsp3) is 0.333. The summed E-state index contributed by atoms with van der Waals surface area (Å²) in [6.07, 6.45) is 5.67. The van der Waals surface area contributed by atoms with Gasteiger partial charge in [-0.25, -0.2) is 9.97 Å². The zero-order valence-corrected chi connectivity index (χ0v) is 17.5. The second-order valence-corrected chi connectivity index (χ2v) is 8.47. The van der Waals surface area contributed by atoms with Crippen molar-refractivity contribution < 1.29 is 9.59 Å². The number of fused-ring (bicyclic) bond motifs is 1. The molecule has 3 heterocycles. The molecule has 1 aromatic carbocycles. The molecular formula is C24H25N5O2. The number of nitrogens with two attached hydrogens (primary N) is 1. The van der Waals surface area contributed by atoms with Gasteiger partial charge in [0.05, 0.1) is 5.39 Å². The summed E-state index contributed by atoms with van der Waals surface area (Å²) in [5.41, 5.74) is 10.9. The van der Waals surface area contributed by atoms with Crippen LogP contribution in [0.4, 0.5) is 5.82 Å². The minimum Gasteiger partial charge on any atom is -0.383 e. The molecule has 2 N–H and O–H groups in total. The molecule has 1 saturated carbocycles. The Balaban J connectivity index is 1.63. The molecule has 5 rings (SSSR count). The van der Waals surface area contributed by atoms with Crippen molar-refractivity contribution in [2.75, 3.05) is 18.8 Å². The van der Waals surface area contributed by atoms with E-state index in [9.17, 15) is 9.59 Å². The van der Waals surface area contributed by atoms with E-state index in [2.05, 4.69) is 21.1 Å². The first-order valence-electron chi connectivity index (χ1n) is 10.6. The first kappa shape index (κ1) is 19.5. The maximum Gasteiger partial charge on any atom is 0.245 e. The van der Waals surface area contributed by atoms with E-state index < -0.39 is 0 Å². The monoisotopic (exact) mass is 415 g/mol. The van der Waals surface area contributed by atoms with Gasteiger partial charge >= 0.3 is 0 Å². The fourth-order valence-electron chi connectivity index (χ4n) is 4.76. The van der Waals surface area contributed by atoms with Gasteiger partial charge in [-0.1, -0.05) is 30.8 Å². The van der Waals surface area contributed by atoms with Crippen LogP contribution >= 0.6 is 0 Å². The summed E-state index contributed by atoms with van der Waals surface area (Å²) < 4.78 is 2.07. The highest BCUT2D eigenvalue weighted by Crippen LogP contribution is 2.42. The molecule has 7 heteroatoms. The SMILES string of the molecule is C=CC(=O)N1CCC(c2c(-c3ccc(C(=O)C4CC4)cc3)c3c(N)ncnc3n2C)C1. The molecule has 2 aromatic heterocycles. The van der Waals surface area contributed by atoms with Crippen molar-refractivity contribution in [1.82, 2.24) is 19.4 Å². The molecule has 0 radical (unpaired) electrons. The number of likely N-dealkylation sites (tertiary alicyclic amines) is 1. The van der Waals surface area contributed by atoms with Gasteiger partial charge in [-0.3, -0.25) is 9.59 Å². The minimum absolute atomic E-state index is 0.0509. The van der Waals surface area contributed by atoms with Crippen molar-refractivity contribution in [2.24, 2.45) is 13.0 Å². The highest BCUT2D eigenvalue weighted by molar-refractivity contribution is 6.04. The lowest BCUT2D eigenvalue weighted by Gasteiger charge is -2.17. The van der Waals surface area contributed by atoms with E-state index in [0.717, 1.165) is 52.7 Å². The number of hydrogen-bond donors (Lipinski definition) is 1. The highest BCUT2D eigenvalue weighted by atomic mass is 16.2. The molecule has 1 saturated heterocycles. The van der Waals surface area contributed by atoms with Gasteiger partial charge in [0, 0.05) is 48.8 Å². The first-order valence-corrected chi connectivity index (χ1v) is 10.6. The predicted molar refractivity (Wildman–Crippen MR) is 120 cm³/mol. The molecule has 1 atom stereocenters. The lowest BCUT2D eigenvalue weighted by Crippen LogP contribution is -2.26. The molecule has 0 bridgehead atoms. The van der Waals surface area contributed by atoms with Crippen molar-refractivity contribution in [3.05, 3.63) is 54.5 Å². The number of aryl methyl sites for hydroxylation is 1. The third-order valence-corrected chi connectivity index (χ3v) is 6.51. The zero-order chi connectivity index (χ0) is 21.7. The van der Waals surface area contributed by atoms with Crippen LogP contribution in [0, 0.1) is 5.92 Å². The van der Waals surface area contributed by atoms with Crippen LogP contribution < -0.4 is 5.73 Å².